The average molecular weight is 285 g/mol. The molecule has 1 aliphatic carbocycles. The molecule has 1 amide bonds. The Hall–Kier alpha value is -0.770. The SMILES string of the molecule is CC(CO)(CNC(=O)OC(C)(C)C)CC1CCCCC1. The Kier molecular flexibility index (Phi) is 6.31. The number of amides is 1. The Bertz CT molecular complexity index is 305. The van der Waals surface area contributed by atoms with Crippen LogP contribution in [0.3, 0.4) is 0 Å². The molecule has 1 aliphatic rings. The maximum Gasteiger partial charge on any atom is 0.407 e. The number of hydrogen-bond donors (Lipinski definition) is 2. The van der Waals surface area contributed by atoms with E-state index in [4.69, 9.17) is 4.74 Å². The average Bonchev–Trinajstić information content (AvgIpc) is 2.36. The summed E-state index contributed by atoms with van der Waals surface area (Å²) in [5, 5.41) is 12.5. The van der Waals surface area contributed by atoms with Gasteiger partial charge in [-0.05, 0) is 33.1 Å². The lowest BCUT2D eigenvalue weighted by Crippen LogP contribution is -2.41. The highest BCUT2D eigenvalue weighted by Crippen LogP contribution is 2.34. The minimum absolute atomic E-state index is 0.0965. The summed E-state index contributed by atoms with van der Waals surface area (Å²) in [6, 6.07) is 0. The fourth-order valence-corrected chi connectivity index (χ4v) is 2.88. The third-order valence-electron chi connectivity index (χ3n) is 3.95. The molecule has 0 heterocycles. The normalized spacial score (nSPS) is 20.2. The van der Waals surface area contributed by atoms with Crippen LogP contribution in [0.5, 0.6) is 0 Å². The van der Waals surface area contributed by atoms with Gasteiger partial charge in [-0.1, -0.05) is 39.0 Å². The van der Waals surface area contributed by atoms with E-state index < -0.39 is 11.7 Å². The molecule has 0 aliphatic heterocycles. The Labute approximate surface area is 123 Å². The minimum atomic E-state index is -0.483. The van der Waals surface area contributed by atoms with Crippen molar-refractivity contribution in [1.29, 1.82) is 0 Å². The number of rotatable bonds is 5. The lowest BCUT2D eigenvalue weighted by molar-refractivity contribution is 0.0449. The predicted octanol–water partition coefficient (Wildman–Crippen LogP) is 3.48. The topological polar surface area (TPSA) is 58.6 Å². The predicted molar refractivity (Wildman–Crippen MR) is 80.6 cm³/mol. The molecule has 0 aromatic heterocycles. The van der Waals surface area contributed by atoms with E-state index in [9.17, 15) is 9.90 Å². The molecule has 4 nitrogen and oxygen atoms in total. The van der Waals surface area contributed by atoms with Crippen LogP contribution in [0, 0.1) is 11.3 Å². The first-order chi connectivity index (χ1) is 9.24. The van der Waals surface area contributed by atoms with Gasteiger partial charge in [0.05, 0.1) is 6.61 Å². The van der Waals surface area contributed by atoms with Gasteiger partial charge >= 0.3 is 6.09 Å². The zero-order valence-electron chi connectivity index (χ0n) is 13.5. The number of ether oxygens (including phenoxy) is 1. The highest BCUT2D eigenvalue weighted by Gasteiger charge is 2.29. The van der Waals surface area contributed by atoms with Crippen molar-refractivity contribution in [2.45, 2.75) is 71.8 Å². The summed E-state index contributed by atoms with van der Waals surface area (Å²) in [6.07, 6.45) is 7.00. The van der Waals surface area contributed by atoms with Crippen LogP contribution >= 0.6 is 0 Å². The zero-order chi connectivity index (χ0) is 15.2. The van der Waals surface area contributed by atoms with Crippen LogP contribution in [0.4, 0.5) is 4.79 Å². The van der Waals surface area contributed by atoms with E-state index in [0.717, 1.165) is 6.42 Å². The number of aliphatic hydroxyl groups excluding tert-OH is 1. The van der Waals surface area contributed by atoms with Crippen LogP contribution in [-0.4, -0.2) is 30.0 Å². The summed E-state index contributed by atoms with van der Waals surface area (Å²) in [4.78, 5) is 11.7. The minimum Gasteiger partial charge on any atom is -0.444 e. The second-order valence-electron chi connectivity index (χ2n) is 7.53. The molecule has 0 spiro atoms. The number of hydrogen-bond acceptors (Lipinski definition) is 3. The van der Waals surface area contributed by atoms with Gasteiger partial charge in [-0.3, -0.25) is 0 Å². The maximum atomic E-state index is 11.7. The summed E-state index contributed by atoms with van der Waals surface area (Å²) in [7, 11) is 0. The number of carbonyl (C=O) groups excluding carboxylic acids is 1. The Morgan fingerprint density at radius 2 is 1.80 bits per heavy atom. The second-order valence-corrected chi connectivity index (χ2v) is 7.53. The highest BCUT2D eigenvalue weighted by atomic mass is 16.6. The van der Waals surface area contributed by atoms with Crippen molar-refractivity contribution in [3.8, 4) is 0 Å². The molecule has 1 fully saturated rings. The quantitative estimate of drug-likeness (QED) is 0.813. The standard InChI is InChI=1S/C16H31NO3/c1-15(2,3)20-14(19)17-11-16(4,12-18)10-13-8-6-5-7-9-13/h13,18H,5-12H2,1-4H3,(H,17,19). The number of nitrogens with one attached hydrogen (secondary N) is 1. The largest absolute Gasteiger partial charge is 0.444 e. The molecule has 0 aromatic rings. The first-order valence-corrected chi connectivity index (χ1v) is 7.82. The van der Waals surface area contributed by atoms with Gasteiger partial charge in [0.2, 0.25) is 0 Å². The van der Waals surface area contributed by atoms with Gasteiger partial charge in [0, 0.05) is 12.0 Å². The van der Waals surface area contributed by atoms with Crippen molar-refractivity contribution >= 4 is 6.09 Å². The molecule has 0 aromatic carbocycles. The molecule has 1 saturated carbocycles. The molecule has 20 heavy (non-hydrogen) atoms. The molecular formula is C16H31NO3. The maximum absolute atomic E-state index is 11.7. The second kappa shape index (κ2) is 7.30. The van der Waals surface area contributed by atoms with E-state index in [1.54, 1.807) is 0 Å². The summed E-state index contributed by atoms with van der Waals surface area (Å²) >= 11 is 0. The molecule has 1 unspecified atom stereocenters. The Morgan fingerprint density at radius 1 is 1.20 bits per heavy atom. The van der Waals surface area contributed by atoms with Crippen molar-refractivity contribution in [2.75, 3.05) is 13.2 Å². The number of carbonyl (C=O) groups is 1. The van der Waals surface area contributed by atoms with Crippen molar-refractivity contribution in [1.82, 2.24) is 5.32 Å². The monoisotopic (exact) mass is 285 g/mol. The molecule has 1 atom stereocenters. The van der Waals surface area contributed by atoms with Crippen molar-refractivity contribution in [3.63, 3.8) is 0 Å². The van der Waals surface area contributed by atoms with Crippen molar-refractivity contribution < 1.29 is 14.6 Å². The van der Waals surface area contributed by atoms with E-state index in [1.807, 2.05) is 27.7 Å². The van der Waals surface area contributed by atoms with Crippen LogP contribution in [0.2, 0.25) is 0 Å². The molecule has 118 valence electrons. The summed E-state index contributed by atoms with van der Waals surface area (Å²) < 4.78 is 5.24. The van der Waals surface area contributed by atoms with Gasteiger partial charge in [0.25, 0.3) is 0 Å². The number of alkyl carbamates (subject to hydrolysis) is 1. The summed E-state index contributed by atoms with van der Waals surface area (Å²) in [5.74, 6) is 0.682. The van der Waals surface area contributed by atoms with Crippen LogP contribution in [0.25, 0.3) is 0 Å². The van der Waals surface area contributed by atoms with Gasteiger partial charge in [-0.2, -0.15) is 0 Å². The van der Waals surface area contributed by atoms with E-state index >= 15 is 0 Å². The fourth-order valence-electron chi connectivity index (χ4n) is 2.88. The first-order valence-electron chi connectivity index (χ1n) is 7.82. The third-order valence-corrected chi connectivity index (χ3v) is 3.95. The summed E-state index contributed by atoms with van der Waals surface area (Å²) in [5.41, 5.74) is -0.734. The smallest absolute Gasteiger partial charge is 0.407 e. The number of aliphatic hydroxyl groups is 1. The van der Waals surface area contributed by atoms with Gasteiger partial charge in [-0.25, -0.2) is 4.79 Å². The molecule has 2 N–H and O–H groups in total. The lowest BCUT2D eigenvalue weighted by atomic mass is 9.76. The first kappa shape index (κ1) is 17.3. The van der Waals surface area contributed by atoms with Crippen LogP contribution < -0.4 is 5.32 Å². The fraction of sp³-hybridized carbons (Fsp3) is 0.938. The molecule has 0 saturated heterocycles. The third kappa shape index (κ3) is 6.60. The van der Waals surface area contributed by atoms with Gasteiger partial charge in [0.1, 0.15) is 5.60 Å². The van der Waals surface area contributed by atoms with Crippen LogP contribution in [0.15, 0.2) is 0 Å². The lowest BCUT2D eigenvalue weighted by Gasteiger charge is -2.33. The molecule has 4 heteroatoms. The molecule has 1 rings (SSSR count). The Balaban J connectivity index is 2.41. The van der Waals surface area contributed by atoms with Crippen LogP contribution in [-0.2, 0) is 4.74 Å². The van der Waals surface area contributed by atoms with E-state index in [0.29, 0.717) is 12.5 Å². The van der Waals surface area contributed by atoms with Crippen LogP contribution in [0.1, 0.15) is 66.2 Å². The van der Waals surface area contributed by atoms with Gasteiger partial charge in [-0.15, -0.1) is 0 Å². The van der Waals surface area contributed by atoms with Crippen molar-refractivity contribution in [2.24, 2.45) is 11.3 Å². The van der Waals surface area contributed by atoms with Crippen molar-refractivity contribution in [3.05, 3.63) is 0 Å². The molecular weight excluding hydrogens is 254 g/mol. The Morgan fingerprint density at radius 3 is 2.30 bits per heavy atom. The van der Waals surface area contributed by atoms with Gasteiger partial charge in [0.15, 0.2) is 0 Å². The highest BCUT2D eigenvalue weighted by molar-refractivity contribution is 5.67. The van der Waals surface area contributed by atoms with E-state index in [2.05, 4.69) is 5.32 Å². The van der Waals surface area contributed by atoms with Gasteiger partial charge < -0.3 is 15.2 Å². The van der Waals surface area contributed by atoms with E-state index in [-0.39, 0.29) is 12.0 Å². The van der Waals surface area contributed by atoms with E-state index in [1.165, 1.54) is 32.1 Å². The molecule has 0 bridgehead atoms. The molecule has 0 radical (unpaired) electrons. The zero-order valence-corrected chi connectivity index (χ0v) is 13.5. The summed E-state index contributed by atoms with van der Waals surface area (Å²) in [6.45, 7) is 8.15.